The first kappa shape index (κ1) is 20.5. The predicted molar refractivity (Wildman–Crippen MR) is 138 cm³/mol. The molecule has 4 aromatic carbocycles. The van der Waals surface area contributed by atoms with E-state index < -0.39 is 0 Å². The van der Waals surface area contributed by atoms with Gasteiger partial charge in [-0.05, 0) is 48.6 Å². The average molecular weight is 454 g/mol. The van der Waals surface area contributed by atoms with Crippen LogP contribution in [0.25, 0.3) is 11.3 Å². The van der Waals surface area contributed by atoms with Gasteiger partial charge in [-0.2, -0.15) is 0 Å². The van der Waals surface area contributed by atoms with Crippen molar-refractivity contribution in [2.24, 2.45) is 0 Å². The number of benzene rings is 4. The van der Waals surface area contributed by atoms with Crippen LogP contribution in [0.2, 0.25) is 5.02 Å². The van der Waals surface area contributed by atoms with Gasteiger partial charge in [-0.1, -0.05) is 78.3 Å². The van der Waals surface area contributed by atoms with Gasteiger partial charge in [0, 0.05) is 51.3 Å². The fourth-order valence-corrected chi connectivity index (χ4v) is 4.40. The Morgan fingerprint density at radius 3 is 1.81 bits per heavy atom. The van der Waals surface area contributed by atoms with E-state index in [2.05, 4.69) is 60.5 Å². The van der Waals surface area contributed by atoms with Crippen LogP contribution in [-0.4, -0.2) is 12.1 Å². The summed E-state index contributed by atoms with van der Waals surface area (Å²) >= 11 is 11.9. The highest BCUT2D eigenvalue weighted by Crippen LogP contribution is 2.47. The van der Waals surface area contributed by atoms with Crippen LogP contribution in [0.1, 0.15) is 22.3 Å². The average Bonchev–Trinajstić information content (AvgIpc) is 2.84. The number of anilines is 2. The zero-order valence-electron chi connectivity index (χ0n) is 17.5. The molecule has 0 spiro atoms. The van der Waals surface area contributed by atoms with Crippen molar-refractivity contribution in [2.75, 3.05) is 11.9 Å². The van der Waals surface area contributed by atoms with Crippen molar-refractivity contribution in [3.8, 4) is 0 Å². The van der Waals surface area contributed by atoms with Crippen LogP contribution < -0.4 is 4.90 Å². The minimum atomic E-state index is 0.428. The summed E-state index contributed by atoms with van der Waals surface area (Å²) in [6, 6.07) is 34.2. The van der Waals surface area contributed by atoms with Crippen molar-refractivity contribution < 1.29 is 4.74 Å². The summed E-state index contributed by atoms with van der Waals surface area (Å²) in [7, 11) is 2.09. The highest BCUT2D eigenvalue weighted by molar-refractivity contribution is 7.80. The maximum atomic E-state index is 6.50. The van der Waals surface area contributed by atoms with Gasteiger partial charge < -0.3 is 9.64 Å². The van der Waals surface area contributed by atoms with E-state index in [0.29, 0.717) is 15.8 Å². The fourth-order valence-electron chi connectivity index (χ4n) is 4.06. The van der Waals surface area contributed by atoms with Crippen LogP contribution in [0.15, 0.2) is 103 Å². The molecule has 1 aliphatic rings. The van der Waals surface area contributed by atoms with Crippen LogP contribution in [0.3, 0.4) is 0 Å². The Bertz CT molecular complexity index is 1280. The highest BCUT2D eigenvalue weighted by Gasteiger charge is 2.28. The first-order chi connectivity index (χ1) is 15.6. The first-order valence-corrected chi connectivity index (χ1v) is 11.1. The lowest BCUT2D eigenvalue weighted by molar-refractivity contribution is 0.524. The molecule has 0 saturated heterocycles. The third-order valence-corrected chi connectivity index (χ3v) is 6.18. The summed E-state index contributed by atoms with van der Waals surface area (Å²) in [5.41, 5.74) is 7.20. The number of hydrogen-bond donors (Lipinski definition) is 0. The monoisotopic (exact) mass is 453 g/mol. The molecule has 0 aromatic heterocycles. The Hall–Kier alpha value is -3.40. The molecule has 2 nitrogen and oxygen atoms in total. The third-order valence-electron chi connectivity index (χ3n) is 5.61. The topological polar surface area (TPSA) is 12.5 Å². The van der Waals surface area contributed by atoms with Gasteiger partial charge in [0.05, 0.1) is 0 Å². The van der Waals surface area contributed by atoms with Crippen molar-refractivity contribution in [3.63, 3.8) is 0 Å². The lowest BCUT2D eigenvalue weighted by Crippen LogP contribution is -2.19. The molecule has 1 aliphatic heterocycles. The molecular weight excluding hydrogens is 434 g/mol. The van der Waals surface area contributed by atoms with Crippen molar-refractivity contribution >= 4 is 51.6 Å². The second-order valence-corrected chi connectivity index (χ2v) is 8.37. The largest absolute Gasteiger partial charge is 0.444 e. The summed E-state index contributed by atoms with van der Waals surface area (Å²) in [5, 5.41) is 1.10. The minimum Gasteiger partial charge on any atom is -0.444 e. The Morgan fingerprint density at radius 2 is 1.22 bits per heavy atom. The second-order valence-electron chi connectivity index (χ2n) is 7.56. The Morgan fingerprint density at radius 1 is 0.688 bits per heavy atom. The molecule has 0 aliphatic carbocycles. The van der Waals surface area contributed by atoms with E-state index in [1.165, 1.54) is 0 Å². The fraction of sp³-hybridized carbons (Fsp3) is 0.0357. The highest BCUT2D eigenvalue weighted by atomic mass is 35.5. The molecule has 156 valence electrons. The van der Waals surface area contributed by atoms with Crippen molar-refractivity contribution in [1.29, 1.82) is 0 Å². The van der Waals surface area contributed by atoms with Gasteiger partial charge in [0.1, 0.15) is 5.76 Å². The lowest BCUT2D eigenvalue weighted by atomic mass is 9.88. The van der Waals surface area contributed by atoms with Crippen LogP contribution in [0.5, 0.6) is 0 Å². The van der Waals surface area contributed by atoms with Crippen molar-refractivity contribution in [2.45, 2.75) is 0 Å². The van der Waals surface area contributed by atoms with Crippen molar-refractivity contribution in [3.05, 3.63) is 130 Å². The third kappa shape index (κ3) is 3.70. The Balaban J connectivity index is 1.78. The summed E-state index contributed by atoms with van der Waals surface area (Å²) in [4.78, 5) is 2.21. The van der Waals surface area contributed by atoms with Gasteiger partial charge in [0.25, 0.3) is 0 Å². The summed E-state index contributed by atoms with van der Waals surface area (Å²) in [5.74, 6) is 0.712. The van der Waals surface area contributed by atoms with E-state index in [4.69, 9.17) is 28.6 Å². The molecular formula is C28H20ClNOS. The van der Waals surface area contributed by atoms with E-state index in [1.807, 2.05) is 54.6 Å². The SMILES string of the molecule is CN1c2ccccc2C(=C(OC(=S)c2ccccc2)c2ccc(Cl)cc2)c2ccccc21. The quantitative estimate of drug-likeness (QED) is 0.232. The Kier molecular flexibility index (Phi) is 5.52. The summed E-state index contributed by atoms with van der Waals surface area (Å²) in [6.07, 6.45) is 0. The first-order valence-electron chi connectivity index (χ1n) is 10.3. The van der Waals surface area contributed by atoms with Gasteiger partial charge in [-0.25, -0.2) is 0 Å². The predicted octanol–water partition coefficient (Wildman–Crippen LogP) is 7.73. The molecule has 0 bridgehead atoms. The molecule has 0 unspecified atom stereocenters. The van der Waals surface area contributed by atoms with Crippen LogP contribution in [-0.2, 0) is 4.74 Å². The van der Waals surface area contributed by atoms with Gasteiger partial charge >= 0.3 is 0 Å². The zero-order valence-corrected chi connectivity index (χ0v) is 19.0. The van der Waals surface area contributed by atoms with Gasteiger partial charge in [-0.3, -0.25) is 0 Å². The van der Waals surface area contributed by atoms with Crippen LogP contribution in [0, 0.1) is 0 Å². The summed E-state index contributed by atoms with van der Waals surface area (Å²) in [6.45, 7) is 0. The molecule has 4 aromatic rings. The number of hydrogen-bond acceptors (Lipinski definition) is 3. The number of halogens is 1. The molecule has 0 atom stereocenters. The second kappa shape index (κ2) is 8.62. The molecule has 0 radical (unpaired) electrons. The molecule has 5 rings (SSSR count). The maximum Gasteiger partial charge on any atom is 0.198 e. The molecule has 1 heterocycles. The number of ether oxygens (including phenoxy) is 1. The normalized spacial score (nSPS) is 12.1. The molecule has 4 heteroatoms. The molecule has 0 amide bonds. The standard InChI is InChI=1S/C28H20ClNOS/c1-30-24-13-7-5-11-22(24)26(23-12-6-8-14-25(23)30)27(19-15-17-21(29)18-16-19)31-28(32)20-9-3-2-4-10-20/h2-18H,1H3. The Labute approximate surface area is 198 Å². The number of nitrogens with zero attached hydrogens (tertiary/aromatic N) is 1. The molecule has 32 heavy (non-hydrogen) atoms. The number of para-hydroxylation sites is 2. The van der Waals surface area contributed by atoms with Crippen LogP contribution in [0.4, 0.5) is 11.4 Å². The maximum absolute atomic E-state index is 6.50. The summed E-state index contributed by atoms with van der Waals surface area (Å²) < 4.78 is 6.50. The van der Waals surface area contributed by atoms with E-state index in [-0.39, 0.29) is 0 Å². The molecule has 0 saturated carbocycles. The van der Waals surface area contributed by atoms with Gasteiger partial charge in [0.2, 0.25) is 0 Å². The lowest BCUT2D eigenvalue weighted by Gasteiger charge is -2.33. The minimum absolute atomic E-state index is 0.428. The van der Waals surface area contributed by atoms with E-state index in [9.17, 15) is 0 Å². The van der Waals surface area contributed by atoms with E-state index in [0.717, 1.165) is 39.2 Å². The van der Waals surface area contributed by atoms with E-state index >= 15 is 0 Å². The molecule has 0 fully saturated rings. The van der Waals surface area contributed by atoms with Gasteiger partial charge in [-0.15, -0.1) is 0 Å². The number of rotatable bonds is 3. The van der Waals surface area contributed by atoms with Crippen molar-refractivity contribution in [1.82, 2.24) is 0 Å². The van der Waals surface area contributed by atoms with Gasteiger partial charge in [0.15, 0.2) is 5.05 Å². The smallest absolute Gasteiger partial charge is 0.198 e. The molecule has 0 N–H and O–H groups in total. The number of thiocarbonyl (C=S) groups is 1. The zero-order chi connectivity index (χ0) is 22.1. The van der Waals surface area contributed by atoms with Crippen LogP contribution >= 0.6 is 23.8 Å². The van der Waals surface area contributed by atoms with E-state index in [1.54, 1.807) is 0 Å². The number of fused-ring (bicyclic) bond motifs is 2.